The van der Waals surface area contributed by atoms with Gasteiger partial charge in [-0.25, -0.2) is 0 Å². The molecule has 1 amide bonds. The third kappa shape index (κ3) is 5.06. The molecule has 23 heavy (non-hydrogen) atoms. The van der Waals surface area contributed by atoms with Gasteiger partial charge in [-0.15, -0.1) is 0 Å². The largest absolute Gasteiger partial charge is 0.469 e. The van der Waals surface area contributed by atoms with Crippen LogP contribution in [0.3, 0.4) is 0 Å². The molecule has 1 aliphatic rings. The van der Waals surface area contributed by atoms with Crippen molar-refractivity contribution in [1.82, 2.24) is 10.2 Å². The molecule has 1 aromatic rings. The van der Waals surface area contributed by atoms with Crippen molar-refractivity contribution in [2.45, 2.75) is 45.2 Å². The van der Waals surface area contributed by atoms with Crippen molar-refractivity contribution < 1.29 is 14.3 Å². The van der Waals surface area contributed by atoms with Crippen molar-refractivity contribution in [1.29, 1.82) is 0 Å². The predicted octanol–water partition coefficient (Wildman–Crippen LogP) is 1.89. The summed E-state index contributed by atoms with van der Waals surface area (Å²) in [5.41, 5.74) is 2.70. The summed E-state index contributed by atoms with van der Waals surface area (Å²) < 4.78 is 4.59. The van der Waals surface area contributed by atoms with Crippen LogP contribution in [0.5, 0.6) is 0 Å². The lowest BCUT2D eigenvalue weighted by molar-refractivity contribution is -0.140. The molecule has 0 unspecified atom stereocenters. The number of methoxy groups -OCH3 is 1. The van der Waals surface area contributed by atoms with E-state index in [1.165, 1.54) is 18.2 Å². The molecule has 0 saturated heterocycles. The van der Waals surface area contributed by atoms with E-state index >= 15 is 0 Å². The average molecular weight is 318 g/mol. The van der Waals surface area contributed by atoms with Gasteiger partial charge in [-0.3, -0.25) is 14.5 Å². The second-order valence-corrected chi connectivity index (χ2v) is 5.99. The number of esters is 1. The van der Waals surface area contributed by atoms with Gasteiger partial charge in [0.1, 0.15) is 0 Å². The van der Waals surface area contributed by atoms with E-state index in [4.69, 9.17) is 0 Å². The Hall–Kier alpha value is -1.88. The molecule has 0 bridgehead atoms. The SMILES string of the molecule is COC(=O)CCCCNC(=O)[C@@H](C)N1CCc2ccccc2C1. The summed E-state index contributed by atoms with van der Waals surface area (Å²) in [6.07, 6.45) is 2.92. The van der Waals surface area contributed by atoms with Gasteiger partial charge in [-0.2, -0.15) is 0 Å². The van der Waals surface area contributed by atoms with Gasteiger partial charge in [-0.05, 0) is 37.3 Å². The first-order valence-electron chi connectivity index (χ1n) is 8.27. The first kappa shape index (κ1) is 17.5. The number of fused-ring (bicyclic) bond motifs is 1. The molecule has 0 saturated carbocycles. The maximum absolute atomic E-state index is 12.3. The molecular weight excluding hydrogens is 292 g/mol. The molecule has 1 N–H and O–H groups in total. The minimum Gasteiger partial charge on any atom is -0.469 e. The lowest BCUT2D eigenvalue weighted by atomic mass is 9.99. The number of amides is 1. The van der Waals surface area contributed by atoms with E-state index in [2.05, 4.69) is 33.2 Å². The molecule has 0 aromatic heterocycles. The third-order valence-corrected chi connectivity index (χ3v) is 4.42. The first-order valence-corrected chi connectivity index (χ1v) is 8.27. The van der Waals surface area contributed by atoms with Crippen LogP contribution in [0.25, 0.3) is 0 Å². The van der Waals surface area contributed by atoms with Crippen LogP contribution in [0.4, 0.5) is 0 Å². The van der Waals surface area contributed by atoms with E-state index in [9.17, 15) is 9.59 Å². The normalized spacial score (nSPS) is 15.6. The maximum Gasteiger partial charge on any atom is 0.305 e. The summed E-state index contributed by atoms with van der Waals surface area (Å²) >= 11 is 0. The summed E-state index contributed by atoms with van der Waals surface area (Å²) in [6, 6.07) is 8.29. The molecule has 0 spiro atoms. The van der Waals surface area contributed by atoms with Gasteiger partial charge in [0, 0.05) is 26.1 Å². The van der Waals surface area contributed by atoms with E-state index in [1.54, 1.807) is 0 Å². The summed E-state index contributed by atoms with van der Waals surface area (Å²) in [5, 5.41) is 2.96. The molecule has 0 fully saturated rings. The van der Waals surface area contributed by atoms with Crippen molar-refractivity contribution in [3.05, 3.63) is 35.4 Å². The van der Waals surface area contributed by atoms with Gasteiger partial charge < -0.3 is 10.1 Å². The first-order chi connectivity index (χ1) is 11.1. The van der Waals surface area contributed by atoms with Crippen LogP contribution in [-0.4, -0.2) is 43.0 Å². The predicted molar refractivity (Wildman–Crippen MR) is 88.9 cm³/mol. The highest BCUT2D eigenvalue weighted by Crippen LogP contribution is 2.20. The number of nitrogens with zero attached hydrogens (tertiary/aromatic N) is 1. The molecule has 1 heterocycles. The molecule has 0 aliphatic carbocycles. The fraction of sp³-hybridized carbons (Fsp3) is 0.556. The Morgan fingerprint density at radius 2 is 2.00 bits per heavy atom. The van der Waals surface area contributed by atoms with Crippen molar-refractivity contribution in [2.24, 2.45) is 0 Å². The number of hydrogen-bond donors (Lipinski definition) is 1. The van der Waals surface area contributed by atoms with Gasteiger partial charge in [-0.1, -0.05) is 24.3 Å². The van der Waals surface area contributed by atoms with E-state index in [1.807, 2.05) is 13.0 Å². The molecule has 126 valence electrons. The zero-order valence-corrected chi connectivity index (χ0v) is 14.0. The highest BCUT2D eigenvalue weighted by atomic mass is 16.5. The number of carbonyl (C=O) groups excluding carboxylic acids is 2. The summed E-state index contributed by atoms with van der Waals surface area (Å²) in [7, 11) is 1.39. The maximum atomic E-state index is 12.3. The molecule has 1 aromatic carbocycles. The Kier molecular flexibility index (Phi) is 6.59. The molecule has 2 rings (SSSR count). The monoisotopic (exact) mass is 318 g/mol. The second kappa shape index (κ2) is 8.67. The van der Waals surface area contributed by atoms with Gasteiger partial charge >= 0.3 is 5.97 Å². The fourth-order valence-corrected chi connectivity index (χ4v) is 2.87. The highest BCUT2D eigenvalue weighted by Gasteiger charge is 2.24. The molecular formula is C18H26N2O3. The quantitative estimate of drug-likeness (QED) is 0.616. The zero-order valence-electron chi connectivity index (χ0n) is 14.0. The Bertz CT molecular complexity index is 545. The smallest absolute Gasteiger partial charge is 0.305 e. The Balaban J connectivity index is 1.72. The number of hydrogen-bond acceptors (Lipinski definition) is 4. The number of nitrogens with one attached hydrogen (secondary N) is 1. The van der Waals surface area contributed by atoms with E-state index in [-0.39, 0.29) is 17.9 Å². The van der Waals surface area contributed by atoms with Crippen LogP contribution in [-0.2, 0) is 27.3 Å². The van der Waals surface area contributed by atoms with Crippen molar-refractivity contribution in [2.75, 3.05) is 20.2 Å². The number of carbonyl (C=O) groups is 2. The van der Waals surface area contributed by atoms with E-state index in [0.29, 0.717) is 13.0 Å². The summed E-state index contributed by atoms with van der Waals surface area (Å²) in [4.78, 5) is 25.5. The van der Waals surface area contributed by atoms with E-state index < -0.39 is 0 Å². The standard InChI is InChI=1S/C18H26N2O3/c1-14(18(22)19-11-6-5-9-17(21)23-2)20-12-10-15-7-3-4-8-16(15)13-20/h3-4,7-8,14H,5-6,9-13H2,1-2H3,(H,19,22)/t14-/m1/s1. The van der Waals surface area contributed by atoms with Gasteiger partial charge in [0.15, 0.2) is 0 Å². The molecule has 5 heteroatoms. The van der Waals surface area contributed by atoms with Gasteiger partial charge in [0.2, 0.25) is 5.91 Å². The summed E-state index contributed by atoms with van der Waals surface area (Å²) in [6.45, 7) is 4.29. The van der Waals surface area contributed by atoms with Crippen LogP contribution in [0.15, 0.2) is 24.3 Å². The topological polar surface area (TPSA) is 58.6 Å². The fourth-order valence-electron chi connectivity index (χ4n) is 2.87. The van der Waals surface area contributed by atoms with Crippen LogP contribution in [0.2, 0.25) is 0 Å². The van der Waals surface area contributed by atoms with Gasteiger partial charge in [0.25, 0.3) is 0 Å². The van der Waals surface area contributed by atoms with Crippen molar-refractivity contribution in [3.8, 4) is 0 Å². The van der Waals surface area contributed by atoms with Crippen LogP contribution >= 0.6 is 0 Å². The summed E-state index contributed by atoms with van der Waals surface area (Å²) in [5.74, 6) is -0.140. The number of ether oxygens (including phenoxy) is 1. The molecule has 1 atom stereocenters. The van der Waals surface area contributed by atoms with Crippen LogP contribution in [0, 0.1) is 0 Å². The second-order valence-electron chi connectivity index (χ2n) is 5.99. The zero-order chi connectivity index (χ0) is 16.7. The minimum atomic E-state index is -0.198. The lowest BCUT2D eigenvalue weighted by Gasteiger charge is -2.32. The Morgan fingerprint density at radius 3 is 2.74 bits per heavy atom. The third-order valence-electron chi connectivity index (χ3n) is 4.42. The lowest BCUT2D eigenvalue weighted by Crippen LogP contribution is -2.47. The molecule has 5 nitrogen and oxygen atoms in total. The van der Waals surface area contributed by atoms with Crippen LogP contribution < -0.4 is 5.32 Å². The highest BCUT2D eigenvalue weighted by molar-refractivity contribution is 5.81. The van der Waals surface area contributed by atoms with Crippen molar-refractivity contribution >= 4 is 11.9 Å². The van der Waals surface area contributed by atoms with Crippen LogP contribution in [0.1, 0.15) is 37.3 Å². The molecule has 0 radical (unpaired) electrons. The van der Waals surface area contributed by atoms with Gasteiger partial charge in [0.05, 0.1) is 13.2 Å². The van der Waals surface area contributed by atoms with Crippen molar-refractivity contribution in [3.63, 3.8) is 0 Å². The number of unbranched alkanes of at least 4 members (excludes halogenated alkanes) is 1. The number of benzene rings is 1. The Morgan fingerprint density at radius 1 is 1.26 bits per heavy atom. The minimum absolute atomic E-state index is 0.0578. The Labute approximate surface area is 138 Å². The number of rotatable bonds is 7. The van der Waals surface area contributed by atoms with E-state index in [0.717, 1.165) is 32.4 Å². The average Bonchev–Trinajstić information content (AvgIpc) is 2.59. The molecule has 1 aliphatic heterocycles.